The first-order valence-electron chi connectivity index (χ1n) is 10.2. The summed E-state index contributed by atoms with van der Waals surface area (Å²) in [7, 11) is 1.56. The van der Waals surface area contributed by atoms with E-state index in [4.69, 9.17) is 9.15 Å². The van der Waals surface area contributed by atoms with E-state index >= 15 is 0 Å². The maximum atomic E-state index is 12.7. The summed E-state index contributed by atoms with van der Waals surface area (Å²) in [6, 6.07) is 21.4. The lowest BCUT2D eigenvalue weighted by Gasteiger charge is -2.14. The first-order valence-corrected chi connectivity index (χ1v) is 10.2. The average Bonchev–Trinajstić information content (AvgIpc) is 3.23. The summed E-state index contributed by atoms with van der Waals surface area (Å²) in [5.74, 6) is -1.000. The van der Waals surface area contributed by atoms with E-state index in [0.29, 0.717) is 16.7 Å². The van der Waals surface area contributed by atoms with Crippen molar-refractivity contribution >= 4 is 22.8 Å². The number of hydrogen-bond acceptors (Lipinski definition) is 4. The highest BCUT2D eigenvalue weighted by Crippen LogP contribution is 2.25. The zero-order valence-electron chi connectivity index (χ0n) is 17.8. The Morgan fingerprint density at radius 3 is 2.47 bits per heavy atom. The number of benzene rings is 3. The van der Waals surface area contributed by atoms with Gasteiger partial charge < -0.3 is 19.6 Å². The number of carbonyl (C=O) groups is 2. The van der Waals surface area contributed by atoms with Crippen LogP contribution in [0.2, 0.25) is 0 Å². The molecule has 1 heterocycles. The normalized spacial score (nSPS) is 11.8. The Bertz CT molecular complexity index is 1270. The van der Waals surface area contributed by atoms with Gasteiger partial charge in [0, 0.05) is 11.8 Å². The molecule has 1 aromatic heterocycles. The Labute approximate surface area is 185 Å². The Kier molecular flexibility index (Phi) is 5.94. The summed E-state index contributed by atoms with van der Waals surface area (Å²) in [6.07, 6.45) is 0.156. The molecule has 162 valence electrons. The number of amides is 1. The van der Waals surface area contributed by atoms with E-state index in [1.165, 1.54) is 5.56 Å². The second-order valence-corrected chi connectivity index (χ2v) is 7.59. The maximum Gasteiger partial charge on any atom is 0.326 e. The number of carboxylic acid groups (broad SMARTS) is 1. The zero-order chi connectivity index (χ0) is 22.7. The zero-order valence-corrected chi connectivity index (χ0v) is 17.8. The summed E-state index contributed by atoms with van der Waals surface area (Å²) in [6.45, 7) is 2.05. The van der Waals surface area contributed by atoms with Gasteiger partial charge in [0.1, 0.15) is 17.4 Å². The van der Waals surface area contributed by atoms with Gasteiger partial charge in [0.05, 0.1) is 7.11 Å². The fourth-order valence-corrected chi connectivity index (χ4v) is 3.64. The standard InChI is InChI=1S/C26H23NO5/c1-16-5-3-4-6-21(16)18-9-7-17(8-10-18)13-22(26(29)30)27-25(28)24-15-19-14-20(31-2)11-12-23(19)32-24/h3-12,14-15,22H,13H2,1-2H3,(H,27,28)(H,29,30). The number of aliphatic carboxylic acids is 1. The molecule has 0 saturated heterocycles. The van der Waals surface area contributed by atoms with Crippen LogP contribution >= 0.6 is 0 Å². The van der Waals surface area contributed by atoms with Gasteiger partial charge in [-0.15, -0.1) is 0 Å². The lowest BCUT2D eigenvalue weighted by atomic mass is 9.98. The SMILES string of the molecule is COc1ccc2oc(C(=O)NC(Cc3ccc(-c4ccccc4C)cc3)C(=O)O)cc2c1. The number of furan rings is 1. The quantitative estimate of drug-likeness (QED) is 0.439. The van der Waals surface area contributed by atoms with Crippen molar-refractivity contribution in [2.24, 2.45) is 0 Å². The van der Waals surface area contributed by atoms with E-state index in [1.807, 2.05) is 55.5 Å². The highest BCUT2D eigenvalue weighted by Gasteiger charge is 2.23. The van der Waals surface area contributed by atoms with Crippen molar-refractivity contribution in [3.05, 3.63) is 89.7 Å². The molecule has 0 fully saturated rings. The van der Waals surface area contributed by atoms with Crippen LogP contribution in [0.25, 0.3) is 22.1 Å². The van der Waals surface area contributed by atoms with Gasteiger partial charge >= 0.3 is 5.97 Å². The van der Waals surface area contributed by atoms with Crippen LogP contribution in [0.4, 0.5) is 0 Å². The maximum absolute atomic E-state index is 12.7. The van der Waals surface area contributed by atoms with Crippen molar-refractivity contribution < 1.29 is 23.8 Å². The summed E-state index contributed by atoms with van der Waals surface area (Å²) in [5, 5.41) is 12.9. The molecule has 3 aromatic carbocycles. The van der Waals surface area contributed by atoms with Crippen molar-refractivity contribution in [3.8, 4) is 16.9 Å². The molecule has 0 aliphatic heterocycles. The number of carbonyl (C=O) groups excluding carboxylic acids is 1. The van der Waals surface area contributed by atoms with Crippen LogP contribution in [-0.4, -0.2) is 30.1 Å². The van der Waals surface area contributed by atoms with Gasteiger partial charge in [0.15, 0.2) is 5.76 Å². The van der Waals surface area contributed by atoms with E-state index in [1.54, 1.807) is 31.4 Å². The minimum atomic E-state index is -1.11. The Morgan fingerprint density at radius 1 is 1.03 bits per heavy atom. The molecule has 0 aliphatic rings. The first-order chi connectivity index (χ1) is 15.4. The molecule has 1 amide bonds. The molecule has 32 heavy (non-hydrogen) atoms. The van der Waals surface area contributed by atoms with Crippen LogP contribution in [0.1, 0.15) is 21.7 Å². The smallest absolute Gasteiger partial charge is 0.326 e. The Hall–Kier alpha value is -4.06. The molecule has 4 rings (SSSR count). The lowest BCUT2D eigenvalue weighted by molar-refractivity contribution is -0.139. The number of ether oxygens (including phenoxy) is 1. The van der Waals surface area contributed by atoms with E-state index in [-0.39, 0.29) is 12.2 Å². The highest BCUT2D eigenvalue weighted by molar-refractivity contribution is 5.98. The van der Waals surface area contributed by atoms with E-state index in [9.17, 15) is 14.7 Å². The average molecular weight is 429 g/mol. The largest absolute Gasteiger partial charge is 0.497 e. The lowest BCUT2D eigenvalue weighted by Crippen LogP contribution is -2.42. The molecule has 6 nitrogen and oxygen atoms in total. The monoisotopic (exact) mass is 429 g/mol. The fourth-order valence-electron chi connectivity index (χ4n) is 3.64. The molecule has 0 aliphatic carbocycles. The summed E-state index contributed by atoms with van der Waals surface area (Å²) in [4.78, 5) is 24.4. The first kappa shape index (κ1) is 21.2. The van der Waals surface area contributed by atoms with Gasteiger partial charge in [-0.25, -0.2) is 4.79 Å². The number of hydrogen-bond donors (Lipinski definition) is 2. The molecule has 0 spiro atoms. The Balaban J connectivity index is 1.49. The molecule has 1 atom stereocenters. The third kappa shape index (κ3) is 4.49. The molecular weight excluding hydrogens is 406 g/mol. The molecule has 0 radical (unpaired) electrons. The Morgan fingerprint density at radius 2 is 1.78 bits per heavy atom. The molecule has 0 saturated carbocycles. The van der Waals surface area contributed by atoms with Crippen molar-refractivity contribution in [3.63, 3.8) is 0 Å². The predicted molar refractivity (Wildman–Crippen MR) is 122 cm³/mol. The molecule has 0 bridgehead atoms. The van der Waals surface area contributed by atoms with Crippen LogP contribution in [0, 0.1) is 6.92 Å². The van der Waals surface area contributed by atoms with Crippen molar-refractivity contribution in [1.82, 2.24) is 5.32 Å². The van der Waals surface area contributed by atoms with E-state index < -0.39 is 17.9 Å². The van der Waals surface area contributed by atoms with Crippen LogP contribution in [0.3, 0.4) is 0 Å². The van der Waals surface area contributed by atoms with Crippen LogP contribution in [-0.2, 0) is 11.2 Å². The third-order valence-corrected chi connectivity index (χ3v) is 5.40. The summed E-state index contributed by atoms with van der Waals surface area (Å²) in [5.41, 5.74) is 4.68. The van der Waals surface area contributed by atoms with Gasteiger partial charge in [-0.2, -0.15) is 0 Å². The van der Waals surface area contributed by atoms with Gasteiger partial charge in [0.25, 0.3) is 5.91 Å². The second-order valence-electron chi connectivity index (χ2n) is 7.59. The van der Waals surface area contributed by atoms with Gasteiger partial charge in [-0.3, -0.25) is 4.79 Å². The van der Waals surface area contributed by atoms with Crippen LogP contribution < -0.4 is 10.1 Å². The molecule has 2 N–H and O–H groups in total. The summed E-state index contributed by atoms with van der Waals surface area (Å²) >= 11 is 0. The van der Waals surface area contributed by atoms with E-state index in [2.05, 4.69) is 5.32 Å². The molecule has 1 unspecified atom stereocenters. The summed E-state index contributed by atoms with van der Waals surface area (Å²) < 4.78 is 10.8. The van der Waals surface area contributed by atoms with Crippen LogP contribution in [0.5, 0.6) is 5.75 Å². The van der Waals surface area contributed by atoms with Crippen molar-refractivity contribution in [2.75, 3.05) is 7.11 Å². The van der Waals surface area contributed by atoms with E-state index in [0.717, 1.165) is 16.7 Å². The fraction of sp³-hybridized carbons (Fsp3) is 0.154. The minimum Gasteiger partial charge on any atom is -0.497 e. The molecular formula is C26H23NO5. The minimum absolute atomic E-state index is 0.0504. The van der Waals surface area contributed by atoms with Crippen LogP contribution in [0.15, 0.2) is 77.2 Å². The topological polar surface area (TPSA) is 88.8 Å². The van der Waals surface area contributed by atoms with Gasteiger partial charge in [-0.05, 0) is 53.4 Å². The molecule has 6 heteroatoms. The van der Waals surface area contributed by atoms with Crippen molar-refractivity contribution in [1.29, 1.82) is 0 Å². The predicted octanol–water partition coefficient (Wildman–Crippen LogP) is 4.84. The number of methoxy groups -OCH3 is 1. The molecule has 4 aromatic rings. The number of rotatable bonds is 7. The number of fused-ring (bicyclic) bond motifs is 1. The van der Waals surface area contributed by atoms with Crippen molar-refractivity contribution in [2.45, 2.75) is 19.4 Å². The number of carboxylic acids is 1. The highest BCUT2D eigenvalue weighted by atomic mass is 16.5. The van der Waals surface area contributed by atoms with Gasteiger partial charge in [-0.1, -0.05) is 48.5 Å². The van der Waals surface area contributed by atoms with Gasteiger partial charge in [0.2, 0.25) is 0 Å². The number of aryl methyl sites for hydroxylation is 1. The third-order valence-electron chi connectivity index (χ3n) is 5.40. The number of nitrogens with one attached hydrogen (secondary N) is 1. The second kappa shape index (κ2) is 8.98.